The molecule has 194 valence electrons. The van der Waals surface area contributed by atoms with Gasteiger partial charge in [-0.3, -0.25) is 24.1 Å². The number of benzene rings is 2. The largest absolute Gasteiger partial charge is 0.457 e. The number of carbonyl (C=O) groups is 3. The van der Waals surface area contributed by atoms with Gasteiger partial charge in [0.05, 0.1) is 5.69 Å². The summed E-state index contributed by atoms with van der Waals surface area (Å²) >= 11 is 0. The number of nitrogens with zero attached hydrogens (tertiary/aromatic N) is 2. The van der Waals surface area contributed by atoms with Gasteiger partial charge in [-0.15, -0.1) is 0 Å². The zero-order valence-corrected chi connectivity index (χ0v) is 21.6. The summed E-state index contributed by atoms with van der Waals surface area (Å²) in [4.78, 5) is 54.3. The molecule has 1 aliphatic heterocycles. The molecule has 1 saturated heterocycles. The van der Waals surface area contributed by atoms with E-state index in [1.807, 2.05) is 19.9 Å². The van der Waals surface area contributed by atoms with Crippen LogP contribution in [-0.2, 0) is 21.4 Å². The van der Waals surface area contributed by atoms with E-state index >= 15 is 0 Å². The molecular formula is C29H28N4O5. The minimum Gasteiger partial charge on any atom is -0.457 e. The second-order valence-corrected chi connectivity index (χ2v) is 9.85. The number of aryl methyl sites for hydroxylation is 1. The summed E-state index contributed by atoms with van der Waals surface area (Å²) < 4.78 is 7.74. The van der Waals surface area contributed by atoms with Gasteiger partial charge >= 0.3 is 0 Å². The molecule has 0 radical (unpaired) electrons. The number of rotatable bonds is 6. The maximum Gasteiger partial charge on any atom is 0.274 e. The first kappa shape index (κ1) is 25.0. The number of hydrogen-bond acceptors (Lipinski definition) is 5. The van der Waals surface area contributed by atoms with Crippen molar-refractivity contribution < 1.29 is 19.1 Å². The number of aromatic amines is 1. The minimum absolute atomic E-state index is 0.0814. The van der Waals surface area contributed by atoms with Gasteiger partial charge in [0.1, 0.15) is 17.0 Å². The van der Waals surface area contributed by atoms with Crippen LogP contribution in [-0.4, -0.2) is 27.3 Å². The van der Waals surface area contributed by atoms with Crippen molar-refractivity contribution in [2.24, 2.45) is 18.9 Å². The molecule has 2 aromatic heterocycles. The first-order valence-electron chi connectivity index (χ1n) is 12.4. The fourth-order valence-electron chi connectivity index (χ4n) is 4.52. The van der Waals surface area contributed by atoms with Crippen LogP contribution in [0.4, 0.5) is 11.4 Å². The van der Waals surface area contributed by atoms with Crippen LogP contribution in [0.1, 0.15) is 27.2 Å². The average Bonchev–Trinajstić information content (AvgIpc) is 3.47. The van der Waals surface area contributed by atoms with Crippen LogP contribution >= 0.6 is 0 Å². The fraction of sp³-hybridized carbons (Fsp3) is 0.241. The van der Waals surface area contributed by atoms with Gasteiger partial charge in [-0.2, -0.15) is 0 Å². The van der Waals surface area contributed by atoms with Crippen LogP contribution < -0.4 is 20.5 Å². The van der Waals surface area contributed by atoms with Crippen LogP contribution in [0, 0.1) is 11.8 Å². The number of hydrogen-bond donors (Lipinski definition) is 2. The van der Waals surface area contributed by atoms with Gasteiger partial charge in [-0.1, -0.05) is 20.8 Å². The van der Waals surface area contributed by atoms with E-state index in [0.717, 1.165) is 0 Å². The van der Waals surface area contributed by atoms with Crippen LogP contribution in [0.2, 0.25) is 0 Å². The van der Waals surface area contributed by atoms with Crippen LogP contribution in [0.15, 0.2) is 65.7 Å². The third-order valence-corrected chi connectivity index (χ3v) is 6.65. The number of amides is 3. The normalized spacial score (nSPS) is 15.5. The Morgan fingerprint density at radius 2 is 1.79 bits per heavy atom. The Hall–Kier alpha value is -4.66. The summed E-state index contributed by atoms with van der Waals surface area (Å²) in [7, 11) is 1.66. The minimum atomic E-state index is -0.384. The Bertz CT molecular complexity index is 1630. The SMILES string of the molecule is CC(C)C(=O)Nc1ccc(Oc2ccc(N3C(=O)CC(C)C3=O)cc2-c2cn(C)c(=O)c3[nH]ccc23)cc1. The molecule has 38 heavy (non-hydrogen) atoms. The second kappa shape index (κ2) is 9.66. The average molecular weight is 513 g/mol. The number of carbonyl (C=O) groups excluding carboxylic acids is 3. The Kier molecular flexibility index (Phi) is 6.36. The Labute approximate surface area is 219 Å². The molecule has 5 rings (SSSR count). The standard InChI is InChI=1S/C29H28N4O5/c1-16(2)27(35)31-18-5-8-20(9-6-18)38-24-10-7-19(33-25(34)13-17(3)28(33)36)14-22(24)23-15-32(4)29(37)26-21(23)11-12-30-26/h5-12,14-17,30H,13H2,1-4H3,(H,31,35). The van der Waals surface area contributed by atoms with Crippen molar-refractivity contribution >= 4 is 40.0 Å². The van der Waals surface area contributed by atoms with Gasteiger partial charge in [0, 0.05) is 59.9 Å². The Balaban J connectivity index is 1.59. The third-order valence-electron chi connectivity index (χ3n) is 6.65. The van der Waals surface area contributed by atoms with Gasteiger partial charge < -0.3 is 19.6 Å². The number of H-pyrrole nitrogens is 1. The molecule has 0 spiro atoms. The van der Waals surface area contributed by atoms with Crippen molar-refractivity contribution in [3.63, 3.8) is 0 Å². The monoisotopic (exact) mass is 512 g/mol. The molecule has 0 bridgehead atoms. The number of anilines is 2. The van der Waals surface area contributed by atoms with Gasteiger partial charge in [-0.25, -0.2) is 0 Å². The molecule has 0 aliphatic carbocycles. The number of pyridine rings is 1. The Morgan fingerprint density at radius 1 is 1.05 bits per heavy atom. The van der Waals surface area contributed by atoms with Crippen molar-refractivity contribution in [1.82, 2.24) is 9.55 Å². The highest BCUT2D eigenvalue weighted by molar-refractivity contribution is 6.21. The zero-order chi connectivity index (χ0) is 27.1. The molecule has 9 nitrogen and oxygen atoms in total. The predicted molar refractivity (Wildman–Crippen MR) is 145 cm³/mol. The number of fused-ring (bicyclic) bond motifs is 1. The third kappa shape index (κ3) is 4.47. The molecule has 9 heteroatoms. The van der Waals surface area contributed by atoms with Crippen LogP contribution in [0.3, 0.4) is 0 Å². The first-order chi connectivity index (χ1) is 18.1. The smallest absolute Gasteiger partial charge is 0.274 e. The van der Waals surface area contributed by atoms with Crippen LogP contribution in [0.25, 0.3) is 22.0 Å². The van der Waals surface area contributed by atoms with Crippen molar-refractivity contribution in [2.45, 2.75) is 27.2 Å². The molecule has 2 N–H and O–H groups in total. The van der Waals surface area contributed by atoms with E-state index in [-0.39, 0.29) is 41.5 Å². The summed E-state index contributed by atoms with van der Waals surface area (Å²) in [6.45, 7) is 5.38. The second-order valence-electron chi connectivity index (χ2n) is 9.85. The lowest BCUT2D eigenvalue weighted by molar-refractivity contribution is -0.122. The van der Waals surface area contributed by atoms with Gasteiger partial charge in [0.25, 0.3) is 5.56 Å². The molecule has 4 aromatic rings. The molecule has 1 aliphatic rings. The number of imide groups is 1. The van der Waals surface area contributed by atoms with E-state index in [2.05, 4.69) is 10.3 Å². The van der Waals surface area contributed by atoms with Crippen molar-refractivity contribution in [1.29, 1.82) is 0 Å². The quantitative estimate of drug-likeness (QED) is 0.360. The lowest BCUT2D eigenvalue weighted by atomic mass is 10.0. The maximum atomic E-state index is 12.8. The van der Waals surface area contributed by atoms with E-state index in [4.69, 9.17) is 4.74 Å². The maximum absolute atomic E-state index is 12.8. The summed E-state index contributed by atoms with van der Waals surface area (Å²) in [5, 5.41) is 3.54. The molecule has 1 unspecified atom stereocenters. The zero-order valence-electron chi connectivity index (χ0n) is 21.6. The Morgan fingerprint density at radius 3 is 2.45 bits per heavy atom. The van der Waals surface area contributed by atoms with E-state index in [1.165, 1.54) is 9.47 Å². The molecular weight excluding hydrogens is 484 g/mol. The van der Waals surface area contributed by atoms with E-state index < -0.39 is 0 Å². The molecule has 2 aromatic carbocycles. The van der Waals surface area contributed by atoms with Crippen molar-refractivity contribution in [2.75, 3.05) is 10.2 Å². The fourth-order valence-corrected chi connectivity index (χ4v) is 4.52. The summed E-state index contributed by atoms with van der Waals surface area (Å²) in [6.07, 6.45) is 3.57. The number of aromatic nitrogens is 2. The molecule has 1 fully saturated rings. The van der Waals surface area contributed by atoms with E-state index in [0.29, 0.717) is 44.9 Å². The lowest BCUT2D eigenvalue weighted by Gasteiger charge is -2.19. The van der Waals surface area contributed by atoms with Gasteiger partial charge in [-0.05, 0) is 48.5 Å². The summed E-state index contributed by atoms with van der Waals surface area (Å²) in [6, 6.07) is 13.9. The summed E-state index contributed by atoms with van der Waals surface area (Å²) in [5.74, 6) is -0.113. The topological polar surface area (TPSA) is 114 Å². The van der Waals surface area contributed by atoms with E-state index in [1.54, 1.807) is 68.8 Å². The van der Waals surface area contributed by atoms with Gasteiger partial charge in [0.15, 0.2) is 0 Å². The highest BCUT2D eigenvalue weighted by atomic mass is 16.5. The van der Waals surface area contributed by atoms with Gasteiger partial charge in [0.2, 0.25) is 17.7 Å². The van der Waals surface area contributed by atoms with E-state index in [9.17, 15) is 19.2 Å². The molecule has 3 amide bonds. The van der Waals surface area contributed by atoms with Crippen LogP contribution in [0.5, 0.6) is 11.5 Å². The highest BCUT2D eigenvalue weighted by Crippen LogP contribution is 2.40. The van der Waals surface area contributed by atoms with Crippen molar-refractivity contribution in [3.8, 4) is 22.6 Å². The molecule has 1 atom stereocenters. The summed E-state index contributed by atoms with van der Waals surface area (Å²) in [5.41, 5.74) is 2.67. The number of nitrogens with one attached hydrogen (secondary N) is 2. The lowest BCUT2D eigenvalue weighted by Crippen LogP contribution is -2.30. The predicted octanol–water partition coefficient (Wildman–Crippen LogP) is 4.82. The number of ether oxygens (including phenoxy) is 1. The van der Waals surface area contributed by atoms with Crippen molar-refractivity contribution in [3.05, 3.63) is 71.3 Å². The molecule has 0 saturated carbocycles. The first-order valence-corrected chi connectivity index (χ1v) is 12.4. The highest BCUT2D eigenvalue weighted by Gasteiger charge is 2.37. The molecule has 3 heterocycles.